The maximum Gasteiger partial charge on any atom is 0.272 e. The third kappa shape index (κ3) is 3.15. The second-order valence-electron chi connectivity index (χ2n) is 8.28. The predicted octanol–water partition coefficient (Wildman–Crippen LogP) is 2.19. The van der Waals surface area contributed by atoms with Crippen LogP contribution in [0.5, 0.6) is 0 Å². The molecule has 2 aliphatic heterocycles. The molecule has 6 rings (SSSR count). The number of nitrogens with zero attached hydrogens (tertiary/aromatic N) is 4. The standard InChI is InChI=1S/C22H21FN8O/c23-14-8-15-17-16(9-14)26-27-19(13-4-2-12(3-5-13)10-31-6-1-7-31)18(21-24-11-25-29-21)20(17)28-30-22(15)32/h2-5,8-9,11,18-19,26-27H,1,6-7,10H2,(H,30,32)(H,24,25,29). The molecule has 162 valence electrons. The minimum atomic E-state index is -0.505. The number of halogens is 1. The van der Waals surface area contributed by atoms with Crippen molar-refractivity contribution in [3.8, 4) is 0 Å². The summed E-state index contributed by atoms with van der Waals surface area (Å²) in [4.78, 5) is 19.2. The summed E-state index contributed by atoms with van der Waals surface area (Å²) in [6, 6.07) is 10.7. The number of likely N-dealkylation sites (tertiary alicyclic amines) is 1. The van der Waals surface area contributed by atoms with Crippen LogP contribution in [0, 0.1) is 5.82 Å². The van der Waals surface area contributed by atoms with Crippen molar-refractivity contribution in [2.45, 2.75) is 24.9 Å². The first-order chi connectivity index (χ1) is 15.7. The molecule has 2 aromatic carbocycles. The lowest BCUT2D eigenvalue weighted by Gasteiger charge is -2.31. The van der Waals surface area contributed by atoms with E-state index in [1.54, 1.807) is 0 Å². The van der Waals surface area contributed by atoms with Gasteiger partial charge in [-0.1, -0.05) is 24.3 Å². The van der Waals surface area contributed by atoms with Gasteiger partial charge < -0.3 is 5.43 Å². The molecule has 4 heterocycles. The third-order valence-corrected chi connectivity index (χ3v) is 6.29. The fourth-order valence-electron chi connectivity index (χ4n) is 4.57. The largest absolute Gasteiger partial charge is 0.320 e. The lowest BCUT2D eigenvalue weighted by molar-refractivity contribution is 0.172. The molecule has 2 aliphatic rings. The van der Waals surface area contributed by atoms with Gasteiger partial charge in [-0.05, 0) is 42.8 Å². The van der Waals surface area contributed by atoms with Gasteiger partial charge >= 0.3 is 0 Å². The molecule has 2 atom stereocenters. The number of hydrazine groups is 1. The highest BCUT2D eigenvalue weighted by molar-refractivity contribution is 5.96. The van der Waals surface area contributed by atoms with Crippen molar-refractivity contribution in [2.24, 2.45) is 0 Å². The molecule has 10 heteroatoms. The van der Waals surface area contributed by atoms with Gasteiger partial charge in [0.2, 0.25) is 0 Å². The van der Waals surface area contributed by atoms with E-state index < -0.39 is 17.3 Å². The van der Waals surface area contributed by atoms with Crippen LogP contribution in [0.25, 0.3) is 10.8 Å². The Morgan fingerprint density at radius 3 is 2.69 bits per heavy atom. The number of H-pyrrole nitrogens is 2. The molecule has 0 spiro atoms. The molecular formula is C22H21FN8O. The smallest absolute Gasteiger partial charge is 0.272 e. The highest BCUT2D eigenvalue weighted by atomic mass is 19.1. The number of anilines is 1. The lowest BCUT2D eigenvalue weighted by Crippen LogP contribution is -2.36. The molecule has 1 fully saturated rings. The topological polar surface area (TPSA) is 115 Å². The van der Waals surface area contributed by atoms with Gasteiger partial charge in [0.15, 0.2) is 0 Å². The van der Waals surface area contributed by atoms with Crippen LogP contribution < -0.4 is 16.4 Å². The van der Waals surface area contributed by atoms with Gasteiger partial charge in [0.25, 0.3) is 5.56 Å². The minimum Gasteiger partial charge on any atom is -0.320 e. The summed E-state index contributed by atoms with van der Waals surface area (Å²) in [6.45, 7) is 3.23. The molecule has 4 N–H and O–H groups in total. The Bertz CT molecular complexity index is 1330. The number of nitrogens with one attached hydrogen (secondary N) is 4. The van der Waals surface area contributed by atoms with E-state index in [9.17, 15) is 9.18 Å². The Kier molecular flexibility index (Phi) is 4.47. The highest BCUT2D eigenvalue weighted by Gasteiger charge is 2.35. The quantitative estimate of drug-likeness (QED) is 0.391. The van der Waals surface area contributed by atoms with Crippen LogP contribution in [0.2, 0.25) is 0 Å². The Hall–Kier alpha value is -3.63. The Morgan fingerprint density at radius 2 is 1.97 bits per heavy atom. The summed E-state index contributed by atoms with van der Waals surface area (Å²) in [5.41, 5.74) is 9.25. The summed E-state index contributed by atoms with van der Waals surface area (Å²) in [6.07, 6.45) is 2.70. The van der Waals surface area contributed by atoms with Crippen molar-refractivity contribution >= 4 is 16.5 Å². The van der Waals surface area contributed by atoms with Gasteiger partial charge in [0.05, 0.1) is 28.7 Å². The van der Waals surface area contributed by atoms with E-state index >= 15 is 0 Å². The molecule has 9 nitrogen and oxygen atoms in total. The van der Waals surface area contributed by atoms with Crippen LogP contribution in [0.15, 0.2) is 47.5 Å². The molecule has 4 aromatic rings. The monoisotopic (exact) mass is 432 g/mol. The van der Waals surface area contributed by atoms with Gasteiger partial charge in [0.1, 0.15) is 18.0 Å². The number of hydrogen-bond acceptors (Lipinski definition) is 7. The van der Waals surface area contributed by atoms with Gasteiger partial charge in [-0.25, -0.2) is 19.9 Å². The molecule has 0 saturated carbocycles. The fourth-order valence-corrected chi connectivity index (χ4v) is 4.57. The van der Waals surface area contributed by atoms with E-state index in [0.29, 0.717) is 22.6 Å². The summed E-state index contributed by atoms with van der Waals surface area (Å²) in [7, 11) is 0. The maximum atomic E-state index is 14.3. The lowest BCUT2D eigenvalue weighted by atomic mass is 9.87. The van der Waals surface area contributed by atoms with Crippen LogP contribution >= 0.6 is 0 Å². The van der Waals surface area contributed by atoms with E-state index in [-0.39, 0.29) is 11.4 Å². The van der Waals surface area contributed by atoms with E-state index in [2.05, 4.69) is 65.4 Å². The van der Waals surface area contributed by atoms with Crippen molar-refractivity contribution in [3.05, 3.63) is 81.5 Å². The highest BCUT2D eigenvalue weighted by Crippen LogP contribution is 2.41. The average Bonchev–Trinajstić information content (AvgIpc) is 3.24. The molecule has 0 bridgehead atoms. The molecule has 2 unspecified atom stereocenters. The summed E-state index contributed by atoms with van der Waals surface area (Å²) in [5, 5.41) is 14.7. The van der Waals surface area contributed by atoms with Crippen LogP contribution in [0.3, 0.4) is 0 Å². The first-order valence-corrected chi connectivity index (χ1v) is 10.6. The second kappa shape index (κ2) is 7.50. The van der Waals surface area contributed by atoms with Crippen LogP contribution in [-0.2, 0) is 6.54 Å². The van der Waals surface area contributed by atoms with Crippen LogP contribution in [-0.4, -0.2) is 43.4 Å². The van der Waals surface area contributed by atoms with Gasteiger partial charge in [-0.2, -0.15) is 10.2 Å². The summed E-state index contributed by atoms with van der Waals surface area (Å²) >= 11 is 0. The summed E-state index contributed by atoms with van der Waals surface area (Å²) in [5.74, 6) is -0.321. The molecule has 0 radical (unpaired) electrons. The Morgan fingerprint density at radius 1 is 1.12 bits per heavy atom. The van der Waals surface area contributed by atoms with E-state index in [1.165, 1.54) is 30.4 Å². The number of hydrogen-bond donors (Lipinski definition) is 4. The van der Waals surface area contributed by atoms with E-state index in [0.717, 1.165) is 25.2 Å². The van der Waals surface area contributed by atoms with Crippen molar-refractivity contribution in [3.63, 3.8) is 0 Å². The first kappa shape index (κ1) is 19.1. The zero-order valence-electron chi connectivity index (χ0n) is 17.1. The number of aromatic nitrogens is 5. The zero-order chi connectivity index (χ0) is 21.7. The van der Waals surface area contributed by atoms with Crippen molar-refractivity contribution in [2.75, 3.05) is 18.5 Å². The molecule has 0 aliphatic carbocycles. The number of benzene rings is 2. The second-order valence-corrected chi connectivity index (χ2v) is 8.28. The fraction of sp³-hybridized carbons (Fsp3) is 0.273. The molecule has 32 heavy (non-hydrogen) atoms. The van der Waals surface area contributed by atoms with Gasteiger partial charge in [0, 0.05) is 11.9 Å². The van der Waals surface area contributed by atoms with Gasteiger partial charge in [-0.15, -0.1) is 0 Å². The first-order valence-electron chi connectivity index (χ1n) is 10.6. The van der Waals surface area contributed by atoms with Crippen LogP contribution in [0.1, 0.15) is 41.0 Å². The van der Waals surface area contributed by atoms with E-state index in [4.69, 9.17) is 0 Å². The van der Waals surface area contributed by atoms with Crippen molar-refractivity contribution in [1.82, 2.24) is 35.7 Å². The normalized spacial score (nSPS) is 20.5. The Balaban J connectivity index is 1.47. The summed E-state index contributed by atoms with van der Waals surface area (Å²) < 4.78 is 14.3. The molecular weight excluding hydrogens is 411 g/mol. The number of rotatable bonds is 4. The molecule has 1 saturated heterocycles. The zero-order valence-corrected chi connectivity index (χ0v) is 17.1. The molecule has 2 aromatic heterocycles. The molecule has 0 amide bonds. The SMILES string of the molecule is O=c1[nH]nc2c3c(cc(F)cc13)NNC(c1ccc(CN3CCC3)cc1)C2c1ncn[nH]1. The average molecular weight is 432 g/mol. The number of aromatic amines is 2. The van der Waals surface area contributed by atoms with Crippen LogP contribution in [0.4, 0.5) is 10.1 Å². The van der Waals surface area contributed by atoms with Crippen molar-refractivity contribution in [1.29, 1.82) is 0 Å². The van der Waals surface area contributed by atoms with Gasteiger partial charge in [-0.3, -0.25) is 14.8 Å². The minimum absolute atomic E-state index is 0.231. The van der Waals surface area contributed by atoms with Crippen molar-refractivity contribution < 1.29 is 4.39 Å². The predicted molar refractivity (Wildman–Crippen MR) is 116 cm³/mol. The third-order valence-electron chi connectivity index (χ3n) is 6.29. The Labute approximate surface area is 182 Å². The maximum absolute atomic E-state index is 14.3. The van der Waals surface area contributed by atoms with E-state index in [1.807, 2.05) is 0 Å².